The smallest absolute Gasteiger partial charge is 0.154 e. The lowest BCUT2D eigenvalue weighted by Gasteiger charge is -1.99. The van der Waals surface area contributed by atoms with Gasteiger partial charge in [0.15, 0.2) is 5.84 Å². The fourth-order valence-electron chi connectivity index (χ4n) is 1.22. The molecule has 66 valence electrons. The number of nitrogens with zero attached hydrogens (tertiary/aromatic N) is 3. The molecule has 0 fully saturated rings. The zero-order chi connectivity index (χ0) is 9.26. The van der Waals surface area contributed by atoms with Crippen molar-refractivity contribution in [1.29, 1.82) is 0 Å². The van der Waals surface area contributed by atoms with Crippen molar-refractivity contribution in [3.63, 3.8) is 0 Å². The zero-order valence-corrected chi connectivity index (χ0v) is 7.91. The summed E-state index contributed by atoms with van der Waals surface area (Å²) in [7, 11) is 0. The summed E-state index contributed by atoms with van der Waals surface area (Å²) in [6.07, 6.45) is 1.78. The summed E-state index contributed by atoms with van der Waals surface area (Å²) in [6.45, 7) is 2.56. The first kappa shape index (κ1) is 8.38. The number of halogens is 1. The normalized spacial score (nSPS) is 14.8. The first-order valence-electron chi connectivity index (χ1n) is 3.97. The molecule has 0 aliphatic carbocycles. The summed E-state index contributed by atoms with van der Waals surface area (Å²) in [6, 6.07) is 3.70. The second-order valence-corrected chi connectivity index (χ2v) is 3.18. The minimum atomic E-state index is 0.486. The fourth-order valence-corrected chi connectivity index (χ4v) is 1.47. The molecule has 1 aromatic rings. The Morgan fingerprint density at radius 3 is 2.85 bits per heavy atom. The molecule has 0 aromatic carbocycles. The lowest BCUT2D eigenvalue weighted by molar-refractivity contribution is 1.19. The van der Waals surface area contributed by atoms with E-state index in [0.29, 0.717) is 11.7 Å². The van der Waals surface area contributed by atoms with Crippen LogP contribution in [0.15, 0.2) is 22.1 Å². The Morgan fingerprint density at radius 1 is 1.38 bits per heavy atom. The topological polar surface area (TPSA) is 37.6 Å². The number of pyridine rings is 1. The highest BCUT2D eigenvalue weighted by atomic mass is 35.5. The Balaban J connectivity index is 2.45. The molecule has 0 spiro atoms. The molecular weight excluding hydrogens is 186 g/mol. The van der Waals surface area contributed by atoms with Crippen molar-refractivity contribution in [2.45, 2.75) is 6.92 Å². The van der Waals surface area contributed by atoms with Crippen molar-refractivity contribution in [1.82, 2.24) is 4.98 Å². The predicted molar refractivity (Wildman–Crippen MR) is 53.9 cm³/mol. The van der Waals surface area contributed by atoms with Gasteiger partial charge in [-0.05, 0) is 19.1 Å². The average molecular weight is 194 g/mol. The van der Waals surface area contributed by atoms with E-state index in [4.69, 9.17) is 11.6 Å². The van der Waals surface area contributed by atoms with E-state index in [1.807, 2.05) is 13.0 Å². The quantitative estimate of drug-likeness (QED) is 0.628. The summed E-state index contributed by atoms with van der Waals surface area (Å²) in [5, 5.41) is 0.486. The van der Waals surface area contributed by atoms with Gasteiger partial charge in [0.2, 0.25) is 0 Å². The summed E-state index contributed by atoms with van der Waals surface area (Å²) < 4.78 is 0. The summed E-state index contributed by atoms with van der Waals surface area (Å²) in [5.41, 5.74) is 1.82. The van der Waals surface area contributed by atoms with Gasteiger partial charge in [0, 0.05) is 17.5 Å². The van der Waals surface area contributed by atoms with Gasteiger partial charge < -0.3 is 0 Å². The molecule has 2 heterocycles. The molecule has 1 aliphatic heterocycles. The molecule has 0 bridgehead atoms. The predicted octanol–water partition coefficient (Wildman–Crippen LogP) is 1.87. The number of aromatic nitrogens is 1. The maximum Gasteiger partial charge on any atom is 0.154 e. The van der Waals surface area contributed by atoms with Crippen molar-refractivity contribution in [2.24, 2.45) is 9.98 Å². The molecule has 0 atom stereocenters. The van der Waals surface area contributed by atoms with Gasteiger partial charge in [-0.3, -0.25) is 4.99 Å². The van der Waals surface area contributed by atoms with Gasteiger partial charge >= 0.3 is 0 Å². The molecule has 0 saturated heterocycles. The van der Waals surface area contributed by atoms with Crippen LogP contribution in [0.25, 0.3) is 0 Å². The van der Waals surface area contributed by atoms with Gasteiger partial charge in [0.1, 0.15) is 5.15 Å². The fraction of sp³-hybridized carbons (Fsp3) is 0.222. The second kappa shape index (κ2) is 3.26. The van der Waals surface area contributed by atoms with Gasteiger partial charge in [0.05, 0.1) is 6.54 Å². The van der Waals surface area contributed by atoms with Crippen LogP contribution in [-0.4, -0.2) is 23.6 Å². The van der Waals surface area contributed by atoms with E-state index in [1.165, 1.54) is 0 Å². The van der Waals surface area contributed by atoms with E-state index in [0.717, 1.165) is 17.1 Å². The molecule has 0 radical (unpaired) electrons. The van der Waals surface area contributed by atoms with Gasteiger partial charge in [-0.1, -0.05) is 11.6 Å². The standard InChI is InChI=1S/C9H8ClN3/c1-6-4-7(5-8(10)13-6)9-11-2-3-12-9/h2,4-5H,3H2,1H3. The van der Waals surface area contributed by atoms with Crippen LogP contribution in [0, 0.1) is 6.92 Å². The number of aliphatic imine (C=N–C) groups is 2. The van der Waals surface area contributed by atoms with Crippen LogP contribution < -0.4 is 0 Å². The van der Waals surface area contributed by atoms with E-state index in [9.17, 15) is 0 Å². The minimum absolute atomic E-state index is 0.486. The van der Waals surface area contributed by atoms with Crippen LogP contribution in [0.1, 0.15) is 11.3 Å². The summed E-state index contributed by atoms with van der Waals surface area (Å²) in [4.78, 5) is 12.4. The number of amidine groups is 1. The Bertz CT molecular complexity index is 376. The molecule has 3 nitrogen and oxygen atoms in total. The van der Waals surface area contributed by atoms with Gasteiger partial charge in [-0.2, -0.15) is 0 Å². The summed E-state index contributed by atoms with van der Waals surface area (Å²) in [5.74, 6) is 0.743. The van der Waals surface area contributed by atoms with E-state index in [2.05, 4.69) is 15.0 Å². The third-order valence-electron chi connectivity index (χ3n) is 1.72. The number of rotatable bonds is 1. The number of hydrogen-bond acceptors (Lipinski definition) is 3. The van der Waals surface area contributed by atoms with E-state index in [-0.39, 0.29) is 0 Å². The van der Waals surface area contributed by atoms with Crippen LogP contribution in [0.3, 0.4) is 0 Å². The van der Waals surface area contributed by atoms with Crippen LogP contribution >= 0.6 is 11.6 Å². The van der Waals surface area contributed by atoms with Gasteiger partial charge in [-0.25, -0.2) is 9.98 Å². The lowest BCUT2D eigenvalue weighted by atomic mass is 10.2. The first-order valence-corrected chi connectivity index (χ1v) is 4.35. The Kier molecular flexibility index (Phi) is 2.10. The van der Waals surface area contributed by atoms with Crippen molar-refractivity contribution < 1.29 is 0 Å². The number of aryl methyl sites for hydroxylation is 1. The van der Waals surface area contributed by atoms with Gasteiger partial charge in [0.25, 0.3) is 0 Å². The van der Waals surface area contributed by atoms with Gasteiger partial charge in [-0.15, -0.1) is 0 Å². The molecule has 0 amide bonds. The number of hydrogen-bond donors (Lipinski definition) is 0. The van der Waals surface area contributed by atoms with Crippen molar-refractivity contribution in [3.8, 4) is 0 Å². The molecule has 4 heteroatoms. The Hall–Kier alpha value is -1.22. The lowest BCUT2D eigenvalue weighted by Crippen LogP contribution is -1.96. The highest BCUT2D eigenvalue weighted by Crippen LogP contribution is 2.13. The highest BCUT2D eigenvalue weighted by molar-refractivity contribution is 6.29. The first-order chi connectivity index (χ1) is 6.25. The highest BCUT2D eigenvalue weighted by Gasteiger charge is 2.06. The van der Waals surface area contributed by atoms with Crippen LogP contribution in [-0.2, 0) is 0 Å². The molecule has 1 aliphatic rings. The van der Waals surface area contributed by atoms with Crippen molar-refractivity contribution in [3.05, 3.63) is 28.5 Å². The average Bonchev–Trinajstić information content (AvgIpc) is 2.53. The second-order valence-electron chi connectivity index (χ2n) is 2.80. The van der Waals surface area contributed by atoms with E-state index >= 15 is 0 Å². The van der Waals surface area contributed by atoms with E-state index in [1.54, 1.807) is 12.3 Å². The van der Waals surface area contributed by atoms with Crippen molar-refractivity contribution >= 4 is 23.7 Å². The third-order valence-corrected chi connectivity index (χ3v) is 1.91. The molecule has 0 saturated carbocycles. The minimum Gasteiger partial charge on any atom is -0.260 e. The maximum atomic E-state index is 5.81. The molecule has 13 heavy (non-hydrogen) atoms. The molecular formula is C9H8ClN3. The third kappa shape index (κ3) is 1.75. The zero-order valence-electron chi connectivity index (χ0n) is 7.16. The molecule has 0 unspecified atom stereocenters. The molecule has 0 N–H and O–H groups in total. The Morgan fingerprint density at radius 2 is 2.23 bits per heavy atom. The van der Waals surface area contributed by atoms with Crippen LogP contribution in [0.4, 0.5) is 0 Å². The Labute approximate surface area is 81.2 Å². The maximum absolute atomic E-state index is 5.81. The molecule has 1 aromatic heterocycles. The monoisotopic (exact) mass is 193 g/mol. The SMILES string of the molecule is Cc1cc(C2=NCC=N2)cc(Cl)n1. The van der Waals surface area contributed by atoms with Crippen LogP contribution in [0.5, 0.6) is 0 Å². The molecule has 2 rings (SSSR count). The largest absolute Gasteiger partial charge is 0.260 e. The summed E-state index contributed by atoms with van der Waals surface area (Å²) >= 11 is 5.81. The van der Waals surface area contributed by atoms with E-state index < -0.39 is 0 Å². The van der Waals surface area contributed by atoms with Crippen molar-refractivity contribution in [2.75, 3.05) is 6.54 Å². The van der Waals surface area contributed by atoms with Crippen LogP contribution in [0.2, 0.25) is 5.15 Å².